The van der Waals surface area contributed by atoms with E-state index in [1.54, 1.807) is 6.07 Å². The van der Waals surface area contributed by atoms with E-state index in [1.165, 1.54) is 35.6 Å². The van der Waals surface area contributed by atoms with Gasteiger partial charge in [-0.2, -0.15) is 0 Å². The molecule has 0 atom stereocenters. The van der Waals surface area contributed by atoms with Crippen molar-refractivity contribution >= 4 is 45.4 Å². The van der Waals surface area contributed by atoms with Gasteiger partial charge in [0.25, 0.3) is 5.91 Å². The van der Waals surface area contributed by atoms with Crippen molar-refractivity contribution in [2.75, 3.05) is 10.6 Å². The summed E-state index contributed by atoms with van der Waals surface area (Å²) in [5.41, 5.74) is 4.67. The molecule has 4 nitrogen and oxygen atoms in total. The number of nitrogens with one attached hydrogen (secondary N) is 2. The van der Waals surface area contributed by atoms with Crippen LogP contribution >= 0.6 is 22.9 Å². The number of benzene rings is 3. The second kappa shape index (κ2) is 8.65. The van der Waals surface area contributed by atoms with Crippen LogP contribution in [0.3, 0.4) is 0 Å². The molecule has 4 rings (SSSR count). The van der Waals surface area contributed by atoms with Gasteiger partial charge in [0, 0.05) is 32.9 Å². The Morgan fingerprint density at radius 2 is 1.87 bits per heavy atom. The molecule has 0 bridgehead atoms. The first-order valence-corrected chi connectivity index (χ1v) is 10.4. The molecule has 7 heteroatoms. The lowest BCUT2D eigenvalue weighted by Gasteiger charge is -2.07. The van der Waals surface area contributed by atoms with E-state index in [0.717, 1.165) is 27.6 Å². The van der Waals surface area contributed by atoms with Gasteiger partial charge in [-0.15, -0.1) is 11.3 Å². The Balaban J connectivity index is 1.51. The van der Waals surface area contributed by atoms with Gasteiger partial charge in [-0.05, 0) is 61.0 Å². The fraction of sp³-hybridized carbons (Fsp3) is 0.0435. The van der Waals surface area contributed by atoms with Gasteiger partial charge in [0.05, 0.1) is 5.69 Å². The number of amides is 1. The summed E-state index contributed by atoms with van der Waals surface area (Å²) in [7, 11) is 0. The fourth-order valence-corrected chi connectivity index (χ4v) is 3.77. The predicted octanol–water partition coefficient (Wildman–Crippen LogP) is 6.91. The van der Waals surface area contributed by atoms with Crippen LogP contribution in [0.15, 0.2) is 72.1 Å². The van der Waals surface area contributed by atoms with E-state index >= 15 is 0 Å². The number of carbonyl (C=O) groups is 1. The van der Waals surface area contributed by atoms with Crippen LogP contribution in [0.4, 0.5) is 20.9 Å². The smallest absolute Gasteiger partial charge is 0.255 e. The zero-order valence-corrected chi connectivity index (χ0v) is 17.5. The standard InChI is InChI=1S/C23H17ClFN3OS/c1-14-5-8-17(24)12-20(14)27-23-28-21(13-30-23)16-3-2-4-19(11-16)26-22(29)15-6-9-18(25)10-7-15/h2-13H,1H3,(H,26,29)(H,27,28). The van der Waals surface area contributed by atoms with E-state index < -0.39 is 0 Å². The Morgan fingerprint density at radius 1 is 1.07 bits per heavy atom. The number of carbonyl (C=O) groups excluding carboxylic acids is 1. The molecule has 4 aromatic rings. The number of hydrogen-bond acceptors (Lipinski definition) is 4. The van der Waals surface area contributed by atoms with E-state index in [1.807, 2.05) is 48.7 Å². The van der Waals surface area contributed by atoms with Crippen molar-refractivity contribution in [3.63, 3.8) is 0 Å². The molecule has 0 unspecified atom stereocenters. The van der Waals surface area contributed by atoms with E-state index in [0.29, 0.717) is 16.3 Å². The SMILES string of the molecule is Cc1ccc(Cl)cc1Nc1nc(-c2cccc(NC(=O)c3ccc(F)cc3)c2)cs1. The van der Waals surface area contributed by atoms with Gasteiger partial charge in [-0.25, -0.2) is 9.37 Å². The maximum absolute atomic E-state index is 13.0. The number of thiazole rings is 1. The molecule has 1 heterocycles. The molecule has 0 spiro atoms. The molecule has 0 fully saturated rings. The molecule has 2 N–H and O–H groups in total. The summed E-state index contributed by atoms with van der Waals surface area (Å²) in [6.45, 7) is 2.00. The Kier molecular flexibility index (Phi) is 5.79. The number of anilines is 3. The number of halogens is 2. The topological polar surface area (TPSA) is 54.0 Å². The Morgan fingerprint density at radius 3 is 2.67 bits per heavy atom. The summed E-state index contributed by atoms with van der Waals surface area (Å²) >= 11 is 7.57. The molecule has 0 saturated carbocycles. The maximum Gasteiger partial charge on any atom is 0.255 e. The van der Waals surface area contributed by atoms with Crippen molar-refractivity contribution < 1.29 is 9.18 Å². The number of rotatable bonds is 5. The van der Waals surface area contributed by atoms with Gasteiger partial charge in [0.1, 0.15) is 5.82 Å². The average molecular weight is 438 g/mol. The highest BCUT2D eigenvalue weighted by molar-refractivity contribution is 7.14. The Labute approximate surface area is 182 Å². The molecule has 0 saturated heterocycles. The lowest BCUT2D eigenvalue weighted by molar-refractivity contribution is 0.102. The molecule has 1 amide bonds. The third-order valence-electron chi connectivity index (χ3n) is 4.47. The molecule has 0 radical (unpaired) electrons. The van der Waals surface area contributed by atoms with Crippen molar-refractivity contribution in [1.29, 1.82) is 0 Å². The largest absolute Gasteiger partial charge is 0.331 e. The number of aryl methyl sites for hydroxylation is 1. The first-order valence-electron chi connectivity index (χ1n) is 9.14. The maximum atomic E-state index is 13.0. The molecular formula is C23H17ClFN3OS. The van der Waals surface area contributed by atoms with Crippen LogP contribution in [-0.4, -0.2) is 10.9 Å². The molecule has 1 aromatic heterocycles. The normalized spacial score (nSPS) is 10.6. The summed E-state index contributed by atoms with van der Waals surface area (Å²) < 4.78 is 13.0. The number of hydrogen-bond donors (Lipinski definition) is 2. The Hall–Kier alpha value is -3.22. The lowest BCUT2D eigenvalue weighted by Crippen LogP contribution is -2.11. The Bertz CT molecular complexity index is 1210. The van der Waals surface area contributed by atoms with Crippen LogP contribution < -0.4 is 10.6 Å². The third kappa shape index (κ3) is 4.67. The second-order valence-corrected chi connectivity index (χ2v) is 7.96. The molecule has 3 aromatic carbocycles. The van der Waals surface area contributed by atoms with E-state index in [-0.39, 0.29) is 11.7 Å². The monoisotopic (exact) mass is 437 g/mol. The van der Waals surface area contributed by atoms with Gasteiger partial charge in [0.15, 0.2) is 5.13 Å². The minimum Gasteiger partial charge on any atom is -0.331 e. The van der Waals surface area contributed by atoms with Crippen molar-refractivity contribution in [3.8, 4) is 11.3 Å². The summed E-state index contributed by atoms with van der Waals surface area (Å²) in [5.74, 6) is -0.682. The first-order chi connectivity index (χ1) is 14.5. The van der Waals surface area contributed by atoms with Crippen molar-refractivity contribution in [2.45, 2.75) is 6.92 Å². The van der Waals surface area contributed by atoms with Gasteiger partial charge >= 0.3 is 0 Å². The highest BCUT2D eigenvalue weighted by Crippen LogP contribution is 2.30. The molecule has 0 aliphatic carbocycles. The minimum absolute atomic E-state index is 0.302. The van der Waals surface area contributed by atoms with Crippen LogP contribution in [0, 0.1) is 12.7 Å². The first kappa shape index (κ1) is 20.1. The van der Waals surface area contributed by atoms with Gasteiger partial charge in [-0.1, -0.05) is 29.8 Å². The summed E-state index contributed by atoms with van der Waals surface area (Å²) in [6, 6.07) is 18.5. The van der Waals surface area contributed by atoms with Crippen molar-refractivity contribution in [1.82, 2.24) is 4.98 Å². The van der Waals surface area contributed by atoms with E-state index in [4.69, 9.17) is 11.6 Å². The zero-order chi connectivity index (χ0) is 21.1. The average Bonchev–Trinajstić information content (AvgIpc) is 3.20. The second-order valence-electron chi connectivity index (χ2n) is 6.66. The van der Waals surface area contributed by atoms with Crippen LogP contribution in [-0.2, 0) is 0 Å². The number of aromatic nitrogens is 1. The van der Waals surface area contributed by atoms with Gasteiger partial charge < -0.3 is 10.6 Å². The summed E-state index contributed by atoms with van der Waals surface area (Å²) in [4.78, 5) is 17.0. The summed E-state index contributed by atoms with van der Waals surface area (Å²) in [6.07, 6.45) is 0. The molecule has 30 heavy (non-hydrogen) atoms. The quantitative estimate of drug-likeness (QED) is 0.356. The third-order valence-corrected chi connectivity index (χ3v) is 5.46. The predicted molar refractivity (Wildman–Crippen MR) is 121 cm³/mol. The molecule has 0 aliphatic rings. The van der Waals surface area contributed by atoms with Crippen LogP contribution in [0.5, 0.6) is 0 Å². The fourth-order valence-electron chi connectivity index (χ4n) is 2.87. The van der Waals surface area contributed by atoms with Crippen LogP contribution in [0.1, 0.15) is 15.9 Å². The van der Waals surface area contributed by atoms with Crippen molar-refractivity contribution in [2.24, 2.45) is 0 Å². The molecule has 0 aliphatic heterocycles. The highest BCUT2D eigenvalue weighted by atomic mass is 35.5. The van der Waals surface area contributed by atoms with Gasteiger partial charge in [-0.3, -0.25) is 4.79 Å². The van der Waals surface area contributed by atoms with Crippen LogP contribution in [0.25, 0.3) is 11.3 Å². The minimum atomic E-state index is -0.380. The highest BCUT2D eigenvalue weighted by Gasteiger charge is 2.10. The van der Waals surface area contributed by atoms with E-state index in [9.17, 15) is 9.18 Å². The van der Waals surface area contributed by atoms with E-state index in [2.05, 4.69) is 15.6 Å². The van der Waals surface area contributed by atoms with Crippen molar-refractivity contribution in [3.05, 3.63) is 94.1 Å². The molecule has 150 valence electrons. The number of nitrogens with zero attached hydrogens (tertiary/aromatic N) is 1. The molecular weight excluding hydrogens is 421 g/mol. The summed E-state index contributed by atoms with van der Waals surface area (Å²) in [5, 5.41) is 9.48. The van der Waals surface area contributed by atoms with Crippen LogP contribution in [0.2, 0.25) is 5.02 Å². The zero-order valence-electron chi connectivity index (χ0n) is 15.9. The van der Waals surface area contributed by atoms with Gasteiger partial charge in [0.2, 0.25) is 0 Å². The lowest BCUT2D eigenvalue weighted by atomic mass is 10.1.